The standard InChI is InChI=1S/C9H17B2O3P/c1-6(7(2)15)13-10-11-14-9(4,5)8(3)12/h10-12H,1-3,15H2,4-5H3. The first-order valence-electron chi connectivity index (χ1n) is 4.56. The summed E-state index contributed by atoms with van der Waals surface area (Å²) in [6.45, 7) is 14.2. The van der Waals surface area contributed by atoms with E-state index in [0.717, 1.165) is 0 Å². The summed E-state index contributed by atoms with van der Waals surface area (Å²) >= 11 is 0. The average molecular weight is 226 g/mol. The highest BCUT2D eigenvalue weighted by Gasteiger charge is 2.22. The first kappa shape index (κ1) is 14.3. The molecule has 0 aliphatic carbocycles. The predicted molar refractivity (Wildman–Crippen MR) is 70.3 cm³/mol. The molecule has 0 rings (SSSR count). The zero-order valence-electron chi connectivity index (χ0n) is 9.38. The Morgan fingerprint density at radius 1 is 1.27 bits per heavy atom. The Kier molecular flexibility index (Phi) is 5.77. The molecule has 1 N–H and O–H groups in total. The van der Waals surface area contributed by atoms with E-state index in [1.54, 1.807) is 13.8 Å². The molecule has 15 heavy (non-hydrogen) atoms. The lowest BCUT2D eigenvalue weighted by Gasteiger charge is -2.24. The first-order valence-corrected chi connectivity index (χ1v) is 5.14. The van der Waals surface area contributed by atoms with Crippen molar-refractivity contribution in [2.24, 2.45) is 0 Å². The molecule has 0 aliphatic rings. The Balaban J connectivity index is 3.77. The van der Waals surface area contributed by atoms with Crippen LogP contribution in [0.3, 0.4) is 0 Å². The summed E-state index contributed by atoms with van der Waals surface area (Å²) in [5, 5.41) is 9.89. The van der Waals surface area contributed by atoms with Crippen LogP contribution in [0.4, 0.5) is 0 Å². The van der Waals surface area contributed by atoms with E-state index in [0.29, 0.717) is 25.8 Å². The van der Waals surface area contributed by atoms with E-state index in [-0.39, 0.29) is 5.76 Å². The third kappa shape index (κ3) is 5.71. The van der Waals surface area contributed by atoms with E-state index >= 15 is 0 Å². The zero-order valence-corrected chi connectivity index (χ0v) is 10.5. The summed E-state index contributed by atoms with van der Waals surface area (Å²) in [5.74, 6) is 0.515. The normalized spacial score (nSPS) is 10.3. The van der Waals surface area contributed by atoms with Gasteiger partial charge in [0.1, 0.15) is 11.4 Å². The molecule has 0 aromatic carbocycles. The van der Waals surface area contributed by atoms with Crippen LogP contribution in [0.2, 0.25) is 0 Å². The fraction of sp³-hybridized carbons (Fsp3) is 0.333. The first-order chi connectivity index (χ1) is 6.77. The van der Waals surface area contributed by atoms with Gasteiger partial charge in [0, 0.05) is 5.31 Å². The van der Waals surface area contributed by atoms with Crippen LogP contribution >= 0.6 is 9.24 Å². The average Bonchev–Trinajstić information content (AvgIpc) is 2.11. The number of rotatable bonds is 7. The van der Waals surface area contributed by atoms with Gasteiger partial charge >= 0.3 is 7.37 Å². The molecule has 0 fully saturated rings. The van der Waals surface area contributed by atoms with Gasteiger partial charge in [-0.05, 0) is 13.8 Å². The van der Waals surface area contributed by atoms with Crippen LogP contribution in [0, 0.1) is 0 Å². The minimum Gasteiger partial charge on any atom is -0.569 e. The monoisotopic (exact) mass is 226 g/mol. The summed E-state index contributed by atoms with van der Waals surface area (Å²) in [7, 11) is 3.12. The van der Waals surface area contributed by atoms with Crippen molar-refractivity contribution in [2.75, 3.05) is 0 Å². The lowest BCUT2D eigenvalue weighted by molar-refractivity contribution is 0.106. The number of aliphatic hydroxyl groups is 1. The van der Waals surface area contributed by atoms with Gasteiger partial charge in [-0.25, -0.2) is 0 Å². The van der Waals surface area contributed by atoms with Crippen LogP contribution < -0.4 is 0 Å². The van der Waals surface area contributed by atoms with E-state index in [4.69, 9.17) is 9.31 Å². The minimum atomic E-state index is -0.747. The van der Waals surface area contributed by atoms with Crippen molar-refractivity contribution < 1.29 is 14.4 Å². The number of hydrogen-bond acceptors (Lipinski definition) is 3. The largest absolute Gasteiger partial charge is 0.569 e. The highest BCUT2D eigenvalue weighted by atomic mass is 31.0. The number of hydrogen-bond donors (Lipinski definition) is 1. The molecule has 0 aromatic heterocycles. The summed E-state index contributed by atoms with van der Waals surface area (Å²) in [5.41, 5.74) is -0.747. The number of aliphatic hydroxyl groups excluding tert-OH is 1. The molecule has 82 valence electrons. The van der Waals surface area contributed by atoms with Crippen LogP contribution in [0.1, 0.15) is 13.8 Å². The molecule has 1 atom stereocenters. The topological polar surface area (TPSA) is 38.7 Å². The van der Waals surface area contributed by atoms with Crippen molar-refractivity contribution in [3.8, 4) is 0 Å². The molecule has 0 aromatic rings. The van der Waals surface area contributed by atoms with Crippen molar-refractivity contribution in [2.45, 2.75) is 19.4 Å². The maximum absolute atomic E-state index is 9.18. The molecule has 0 saturated carbocycles. The second kappa shape index (κ2) is 6.04. The minimum absolute atomic E-state index is 0.00298. The van der Waals surface area contributed by atoms with E-state index in [1.165, 1.54) is 0 Å². The van der Waals surface area contributed by atoms with Crippen LogP contribution in [0.25, 0.3) is 0 Å². The van der Waals surface area contributed by atoms with E-state index in [2.05, 4.69) is 29.0 Å². The molecule has 0 heterocycles. The maximum Gasteiger partial charge on any atom is 0.331 e. The van der Waals surface area contributed by atoms with Crippen LogP contribution in [-0.4, -0.2) is 25.5 Å². The summed E-state index contributed by atoms with van der Waals surface area (Å²) in [6.07, 6.45) is 0. The van der Waals surface area contributed by atoms with Gasteiger partial charge in [0.05, 0.1) is 5.76 Å². The second-order valence-electron chi connectivity index (χ2n) is 3.60. The van der Waals surface area contributed by atoms with E-state index < -0.39 is 5.60 Å². The summed E-state index contributed by atoms with van der Waals surface area (Å²) in [6, 6.07) is 0. The third-order valence-corrected chi connectivity index (χ3v) is 2.20. The highest BCUT2D eigenvalue weighted by molar-refractivity contribution is 7.23. The van der Waals surface area contributed by atoms with Crippen molar-refractivity contribution in [3.05, 3.63) is 36.6 Å². The Morgan fingerprint density at radius 2 is 1.80 bits per heavy atom. The Morgan fingerprint density at radius 3 is 2.20 bits per heavy atom. The van der Waals surface area contributed by atoms with Gasteiger partial charge in [-0.2, -0.15) is 0 Å². The maximum atomic E-state index is 9.18. The molecular formula is C9H17B2O3P. The van der Waals surface area contributed by atoms with Crippen molar-refractivity contribution in [1.82, 2.24) is 0 Å². The summed E-state index contributed by atoms with van der Waals surface area (Å²) in [4.78, 5) is 0. The SMILES string of the molecule is C=C(P)C(=C)OBBOC(C)(C)C(=C)O. The molecule has 0 spiro atoms. The van der Waals surface area contributed by atoms with Crippen molar-refractivity contribution in [3.63, 3.8) is 0 Å². The van der Waals surface area contributed by atoms with Gasteiger partial charge in [-0.1, -0.05) is 19.7 Å². The van der Waals surface area contributed by atoms with Gasteiger partial charge in [0.25, 0.3) is 7.37 Å². The van der Waals surface area contributed by atoms with Gasteiger partial charge in [-0.3, -0.25) is 0 Å². The fourth-order valence-electron chi connectivity index (χ4n) is 0.638. The molecular weight excluding hydrogens is 209 g/mol. The molecule has 1 unspecified atom stereocenters. The smallest absolute Gasteiger partial charge is 0.331 e. The Bertz CT molecular complexity index is 277. The van der Waals surface area contributed by atoms with Crippen LogP contribution in [0.15, 0.2) is 36.6 Å². The predicted octanol–water partition coefficient (Wildman–Crippen LogP) is 1.39. The Hall–Kier alpha value is -0.660. The van der Waals surface area contributed by atoms with Gasteiger partial charge in [0.15, 0.2) is 0 Å². The molecule has 0 saturated heterocycles. The van der Waals surface area contributed by atoms with Gasteiger partial charge < -0.3 is 14.4 Å². The van der Waals surface area contributed by atoms with Crippen LogP contribution in [-0.2, 0) is 9.31 Å². The van der Waals surface area contributed by atoms with E-state index in [9.17, 15) is 5.11 Å². The molecule has 0 aliphatic heterocycles. The number of allylic oxidation sites excluding steroid dienone is 1. The molecule has 0 bridgehead atoms. The Labute approximate surface area is 95.0 Å². The molecule has 0 radical (unpaired) electrons. The van der Waals surface area contributed by atoms with E-state index in [1.807, 2.05) is 0 Å². The van der Waals surface area contributed by atoms with Crippen LogP contribution in [0.5, 0.6) is 0 Å². The molecule has 6 heteroatoms. The molecule has 0 amide bonds. The molecule has 3 nitrogen and oxygen atoms in total. The lowest BCUT2D eigenvalue weighted by atomic mass is 9.63. The van der Waals surface area contributed by atoms with Crippen molar-refractivity contribution in [1.29, 1.82) is 0 Å². The third-order valence-electron chi connectivity index (χ3n) is 1.88. The summed E-state index contributed by atoms with van der Waals surface area (Å²) < 4.78 is 10.6. The fourth-order valence-corrected chi connectivity index (χ4v) is 0.721. The lowest BCUT2D eigenvalue weighted by Crippen LogP contribution is -2.31. The van der Waals surface area contributed by atoms with Gasteiger partial charge in [0.2, 0.25) is 0 Å². The zero-order chi connectivity index (χ0) is 12.1. The van der Waals surface area contributed by atoms with Crippen molar-refractivity contribution >= 4 is 24.0 Å². The second-order valence-corrected chi connectivity index (χ2v) is 4.30. The van der Waals surface area contributed by atoms with Gasteiger partial charge in [-0.15, -0.1) is 9.24 Å². The highest BCUT2D eigenvalue weighted by Crippen LogP contribution is 2.16. The quantitative estimate of drug-likeness (QED) is 0.234.